The van der Waals surface area contributed by atoms with Crippen LogP contribution in [-0.4, -0.2) is 23.3 Å². The van der Waals surface area contributed by atoms with Gasteiger partial charge in [0, 0.05) is 0 Å². The normalized spacial score (nSPS) is 33.5. The number of epoxide rings is 1. The van der Waals surface area contributed by atoms with E-state index in [1.807, 2.05) is 18.2 Å². The van der Waals surface area contributed by atoms with E-state index in [2.05, 4.69) is 13.8 Å². The molecule has 1 aliphatic heterocycles. The maximum absolute atomic E-state index is 12.3. The predicted molar refractivity (Wildman–Crippen MR) is 81.2 cm³/mol. The smallest absolute Gasteiger partial charge is 0.338 e. The summed E-state index contributed by atoms with van der Waals surface area (Å²) in [6.07, 6.45) is 6.37. The van der Waals surface area contributed by atoms with Crippen LogP contribution in [0.3, 0.4) is 0 Å². The molecule has 0 aromatic heterocycles. The van der Waals surface area contributed by atoms with Crippen LogP contribution in [0.25, 0.3) is 0 Å². The molecule has 1 aromatic rings. The largest absolute Gasteiger partial charge is 0.456 e. The highest BCUT2D eigenvalue weighted by Crippen LogP contribution is 2.62. The lowest BCUT2D eigenvalue weighted by Crippen LogP contribution is -2.34. The van der Waals surface area contributed by atoms with Crippen molar-refractivity contribution in [2.24, 2.45) is 0 Å². The van der Waals surface area contributed by atoms with E-state index in [0.717, 1.165) is 25.7 Å². The molecule has 21 heavy (non-hydrogen) atoms. The first-order chi connectivity index (χ1) is 10.1. The molecule has 1 aliphatic carbocycles. The second-order valence-corrected chi connectivity index (χ2v) is 6.48. The van der Waals surface area contributed by atoms with E-state index < -0.39 is 0 Å². The summed E-state index contributed by atoms with van der Waals surface area (Å²) in [6.45, 7) is 4.36. The molecule has 0 N–H and O–H groups in total. The molecule has 2 aliphatic rings. The van der Waals surface area contributed by atoms with Gasteiger partial charge >= 0.3 is 5.97 Å². The predicted octanol–water partition coefficient (Wildman–Crippen LogP) is 4.11. The minimum Gasteiger partial charge on any atom is -0.456 e. The summed E-state index contributed by atoms with van der Waals surface area (Å²) in [5.41, 5.74) is 0.338. The number of carbonyl (C=O) groups excluding carboxylic acids is 1. The molecule has 0 unspecified atom stereocenters. The second kappa shape index (κ2) is 5.45. The Balaban J connectivity index is 1.66. The third-order valence-corrected chi connectivity index (χ3v) is 5.08. The molecule has 3 rings (SSSR count). The Kier molecular flexibility index (Phi) is 3.78. The Morgan fingerprint density at radius 2 is 2.10 bits per heavy atom. The maximum atomic E-state index is 12.3. The summed E-state index contributed by atoms with van der Waals surface area (Å²) in [6, 6.07) is 9.22. The van der Waals surface area contributed by atoms with Crippen LogP contribution in [0, 0.1) is 0 Å². The number of carbonyl (C=O) groups is 1. The van der Waals surface area contributed by atoms with E-state index in [0.29, 0.717) is 5.56 Å². The van der Waals surface area contributed by atoms with Crippen LogP contribution in [0.2, 0.25) is 0 Å². The van der Waals surface area contributed by atoms with Crippen molar-refractivity contribution in [2.75, 3.05) is 0 Å². The summed E-state index contributed by atoms with van der Waals surface area (Å²) >= 11 is 0. The molecular formula is C18H24O3. The summed E-state index contributed by atoms with van der Waals surface area (Å²) < 4.78 is 11.8. The SMILES string of the molecule is CCCCC[C@@]12O[C@]1(C)CC[C@H]2OC(=O)c1ccccc1. The first kappa shape index (κ1) is 14.6. The van der Waals surface area contributed by atoms with Crippen molar-refractivity contribution in [3.8, 4) is 0 Å². The highest BCUT2D eigenvalue weighted by molar-refractivity contribution is 5.89. The van der Waals surface area contributed by atoms with E-state index >= 15 is 0 Å². The number of hydrogen-bond acceptors (Lipinski definition) is 3. The average Bonchev–Trinajstić information content (AvgIpc) is 3.01. The molecule has 2 fully saturated rings. The van der Waals surface area contributed by atoms with Gasteiger partial charge in [-0.2, -0.15) is 0 Å². The standard InChI is InChI=1S/C18H24O3/c1-3-4-8-12-18-15(11-13-17(18,2)21-18)20-16(19)14-9-6-5-7-10-14/h5-7,9-10,15H,3-4,8,11-13H2,1-2H3/t15-,17-,18+/m1/s1. The van der Waals surface area contributed by atoms with Crippen LogP contribution in [0.4, 0.5) is 0 Å². The Bertz CT molecular complexity index is 512. The number of esters is 1. The Labute approximate surface area is 126 Å². The fourth-order valence-corrected chi connectivity index (χ4v) is 3.72. The van der Waals surface area contributed by atoms with Crippen LogP contribution in [0.5, 0.6) is 0 Å². The van der Waals surface area contributed by atoms with Crippen molar-refractivity contribution in [3.63, 3.8) is 0 Å². The fraction of sp³-hybridized carbons (Fsp3) is 0.611. The van der Waals surface area contributed by atoms with Gasteiger partial charge in [-0.3, -0.25) is 0 Å². The van der Waals surface area contributed by atoms with Crippen molar-refractivity contribution in [1.29, 1.82) is 0 Å². The monoisotopic (exact) mass is 288 g/mol. The van der Waals surface area contributed by atoms with Crippen molar-refractivity contribution in [1.82, 2.24) is 0 Å². The molecule has 114 valence electrons. The van der Waals surface area contributed by atoms with Gasteiger partial charge in [0.1, 0.15) is 11.7 Å². The second-order valence-electron chi connectivity index (χ2n) is 6.48. The van der Waals surface area contributed by atoms with Crippen molar-refractivity contribution >= 4 is 5.97 Å². The molecule has 3 nitrogen and oxygen atoms in total. The van der Waals surface area contributed by atoms with Crippen molar-refractivity contribution in [2.45, 2.75) is 69.7 Å². The maximum Gasteiger partial charge on any atom is 0.338 e. The molecular weight excluding hydrogens is 264 g/mol. The van der Waals surface area contributed by atoms with Crippen molar-refractivity contribution in [3.05, 3.63) is 35.9 Å². The Morgan fingerprint density at radius 3 is 2.76 bits per heavy atom. The number of ether oxygens (including phenoxy) is 2. The lowest BCUT2D eigenvalue weighted by atomic mass is 9.90. The summed E-state index contributed by atoms with van der Waals surface area (Å²) in [4.78, 5) is 12.3. The zero-order valence-electron chi connectivity index (χ0n) is 12.9. The number of hydrogen-bond donors (Lipinski definition) is 0. The molecule has 0 spiro atoms. The zero-order chi connectivity index (χ0) is 14.9. The molecule has 1 heterocycles. The van der Waals surface area contributed by atoms with Gasteiger partial charge in [-0.05, 0) is 38.3 Å². The molecule has 1 saturated heterocycles. The zero-order valence-corrected chi connectivity index (χ0v) is 12.9. The number of benzene rings is 1. The van der Waals surface area contributed by atoms with Gasteiger partial charge in [-0.15, -0.1) is 0 Å². The fourth-order valence-electron chi connectivity index (χ4n) is 3.72. The summed E-state index contributed by atoms with van der Waals surface area (Å²) in [7, 11) is 0. The highest BCUT2D eigenvalue weighted by atomic mass is 16.7. The molecule has 1 saturated carbocycles. The van der Waals surface area contributed by atoms with Gasteiger partial charge in [0.2, 0.25) is 0 Å². The van der Waals surface area contributed by atoms with Gasteiger partial charge < -0.3 is 9.47 Å². The minimum absolute atomic E-state index is 0.0671. The Morgan fingerprint density at radius 1 is 1.33 bits per heavy atom. The van der Waals surface area contributed by atoms with E-state index in [9.17, 15) is 4.79 Å². The lowest BCUT2D eigenvalue weighted by Gasteiger charge is -2.21. The Hall–Kier alpha value is -1.35. The molecule has 0 radical (unpaired) electrons. The summed E-state index contributed by atoms with van der Waals surface area (Å²) in [5.74, 6) is -0.227. The lowest BCUT2D eigenvalue weighted by molar-refractivity contribution is -0.000582. The first-order valence-electron chi connectivity index (χ1n) is 8.07. The molecule has 3 atom stereocenters. The van der Waals surface area contributed by atoms with E-state index in [1.54, 1.807) is 12.1 Å². The topological polar surface area (TPSA) is 38.8 Å². The van der Waals surface area contributed by atoms with Gasteiger partial charge in [-0.1, -0.05) is 44.4 Å². The van der Waals surface area contributed by atoms with E-state index in [4.69, 9.17) is 9.47 Å². The molecule has 3 heteroatoms. The van der Waals surface area contributed by atoms with E-state index in [1.165, 1.54) is 12.8 Å². The first-order valence-corrected chi connectivity index (χ1v) is 8.07. The van der Waals surface area contributed by atoms with Crippen LogP contribution < -0.4 is 0 Å². The highest BCUT2D eigenvalue weighted by Gasteiger charge is 2.74. The molecule has 0 amide bonds. The number of unbranched alkanes of at least 4 members (excludes halogenated alkanes) is 2. The van der Waals surface area contributed by atoms with Crippen molar-refractivity contribution < 1.29 is 14.3 Å². The van der Waals surface area contributed by atoms with Gasteiger partial charge in [0.15, 0.2) is 0 Å². The van der Waals surface area contributed by atoms with Gasteiger partial charge in [0.25, 0.3) is 0 Å². The van der Waals surface area contributed by atoms with Crippen LogP contribution in [0.15, 0.2) is 30.3 Å². The third-order valence-electron chi connectivity index (χ3n) is 5.08. The van der Waals surface area contributed by atoms with Gasteiger partial charge in [0.05, 0.1) is 11.2 Å². The number of rotatable bonds is 6. The quantitative estimate of drug-likeness (QED) is 0.449. The van der Waals surface area contributed by atoms with E-state index in [-0.39, 0.29) is 23.3 Å². The molecule has 1 aromatic carbocycles. The minimum atomic E-state index is -0.227. The van der Waals surface area contributed by atoms with Crippen LogP contribution >= 0.6 is 0 Å². The van der Waals surface area contributed by atoms with Crippen LogP contribution in [-0.2, 0) is 9.47 Å². The molecule has 0 bridgehead atoms. The summed E-state index contributed by atoms with van der Waals surface area (Å²) in [5, 5.41) is 0. The third kappa shape index (κ3) is 2.48. The number of fused-ring (bicyclic) bond motifs is 1. The average molecular weight is 288 g/mol. The van der Waals surface area contributed by atoms with Crippen LogP contribution in [0.1, 0.15) is 62.7 Å². The van der Waals surface area contributed by atoms with Gasteiger partial charge in [-0.25, -0.2) is 4.79 Å².